The van der Waals surface area contributed by atoms with Crippen molar-refractivity contribution in [3.63, 3.8) is 0 Å². The van der Waals surface area contributed by atoms with Crippen LogP contribution in [0.4, 0.5) is 5.82 Å². The molecule has 1 aromatic rings. The predicted molar refractivity (Wildman–Crippen MR) is 62.0 cm³/mol. The second-order valence-electron chi connectivity index (χ2n) is 3.62. The summed E-state index contributed by atoms with van der Waals surface area (Å²) in [5, 5.41) is 5.44. The lowest BCUT2D eigenvalue weighted by atomic mass is 10.3. The molecule has 0 saturated heterocycles. The van der Waals surface area contributed by atoms with Gasteiger partial charge in [0.15, 0.2) is 5.82 Å². The van der Waals surface area contributed by atoms with Crippen molar-refractivity contribution in [1.82, 2.24) is 5.16 Å². The molecule has 0 radical (unpaired) electrons. The van der Waals surface area contributed by atoms with Gasteiger partial charge in [0.2, 0.25) is 5.52 Å². The van der Waals surface area contributed by atoms with Crippen LogP contribution in [0.3, 0.4) is 0 Å². The fraction of sp³-hybridized carbons (Fsp3) is 0.571. The van der Waals surface area contributed by atoms with E-state index in [-0.39, 0.29) is 5.82 Å². The molecule has 0 atom stereocenters. The SMILES string of the molecule is CCCc1cc(NC(P(=O)(O)O)P(=O)(O)O)no1. The Hall–Kier alpha value is -0.690. The first-order valence-corrected chi connectivity index (χ1v) is 8.33. The minimum atomic E-state index is -5.02. The molecule has 0 spiro atoms. The monoisotopic (exact) mass is 300 g/mol. The van der Waals surface area contributed by atoms with Gasteiger partial charge in [0, 0.05) is 12.5 Å². The fourth-order valence-corrected chi connectivity index (χ4v) is 3.41. The summed E-state index contributed by atoms with van der Waals surface area (Å²) in [6.07, 6.45) is 1.33. The largest absolute Gasteiger partial charge is 0.360 e. The smallest absolute Gasteiger partial charge is 0.359 e. The van der Waals surface area contributed by atoms with Crippen LogP contribution in [-0.2, 0) is 15.6 Å². The molecule has 0 amide bonds. The van der Waals surface area contributed by atoms with Crippen LogP contribution in [0.15, 0.2) is 10.6 Å². The first kappa shape index (κ1) is 15.4. The fourth-order valence-electron chi connectivity index (χ4n) is 1.24. The lowest BCUT2D eigenvalue weighted by molar-refractivity contribution is 0.342. The van der Waals surface area contributed by atoms with Crippen molar-refractivity contribution in [3.8, 4) is 0 Å². The van der Waals surface area contributed by atoms with Crippen LogP contribution in [0.5, 0.6) is 0 Å². The first-order valence-electron chi connectivity index (χ1n) is 4.97. The van der Waals surface area contributed by atoms with Gasteiger partial charge in [0.1, 0.15) is 5.76 Å². The highest BCUT2D eigenvalue weighted by atomic mass is 31.2. The maximum absolute atomic E-state index is 11.0. The number of nitrogens with zero attached hydrogens (tertiary/aromatic N) is 1. The Morgan fingerprint density at radius 2 is 1.89 bits per heavy atom. The molecule has 11 heteroatoms. The van der Waals surface area contributed by atoms with E-state index in [4.69, 9.17) is 24.1 Å². The van der Waals surface area contributed by atoms with Gasteiger partial charge in [-0.2, -0.15) is 0 Å². The van der Waals surface area contributed by atoms with Gasteiger partial charge in [-0.15, -0.1) is 0 Å². The van der Waals surface area contributed by atoms with Crippen molar-refractivity contribution in [2.24, 2.45) is 0 Å². The number of hydrogen-bond donors (Lipinski definition) is 5. The molecule has 18 heavy (non-hydrogen) atoms. The van der Waals surface area contributed by atoms with Crippen LogP contribution in [0.2, 0.25) is 0 Å². The Bertz CT molecular complexity index is 468. The summed E-state index contributed by atoms with van der Waals surface area (Å²) in [7, 11) is -10.0. The van der Waals surface area contributed by atoms with Crippen LogP contribution in [0.25, 0.3) is 0 Å². The van der Waals surface area contributed by atoms with E-state index in [0.29, 0.717) is 12.2 Å². The van der Waals surface area contributed by atoms with E-state index in [1.54, 1.807) is 0 Å². The van der Waals surface area contributed by atoms with E-state index in [0.717, 1.165) is 6.42 Å². The molecule has 104 valence electrons. The van der Waals surface area contributed by atoms with Gasteiger partial charge in [-0.25, -0.2) is 0 Å². The van der Waals surface area contributed by atoms with Crippen molar-refractivity contribution < 1.29 is 33.2 Å². The van der Waals surface area contributed by atoms with E-state index in [1.807, 2.05) is 12.2 Å². The molecule has 1 aromatic heterocycles. The molecule has 1 rings (SSSR count). The lowest BCUT2D eigenvalue weighted by Crippen LogP contribution is -2.20. The van der Waals surface area contributed by atoms with Crippen LogP contribution in [-0.4, -0.2) is 30.3 Å². The van der Waals surface area contributed by atoms with Crippen molar-refractivity contribution in [1.29, 1.82) is 0 Å². The van der Waals surface area contributed by atoms with Gasteiger partial charge in [-0.3, -0.25) is 9.13 Å². The van der Waals surface area contributed by atoms with Crippen LogP contribution in [0.1, 0.15) is 19.1 Å². The van der Waals surface area contributed by atoms with Gasteiger partial charge in [-0.05, 0) is 6.42 Å². The average Bonchev–Trinajstić information content (AvgIpc) is 2.59. The van der Waals surface area contributed by atoms with E-state index < -0.39 is 20.7 Å². The summed E-state index contributed by atoms with van der Waals surface area (Å²) in [6, 6.07) is 1.34. The van der Waals surface area contributed by atoms with Gasteiger partial charge in [0.05, 0.1) is 0 Å². The zero-order chi connectivity index (χ0) is 14.0. The third-order valence-electron chi connectivity index (χ3n) is 1.97. The summed E-state index contributed by atoms with van der Waals surface area (Å²) in [6.45, 7) is 1.89. The number of aryl methyl sites for hydroxylation is 1. The van der Waals surface area contributed by atoms with Crippen molar-refractivity contribution >= 4 is 21.0 Å². The molecule has 0 aromatic carbocycles. The Morgan fingerprint density at radius 3 is 2.33 bits per heavy atom. The summed E-state index contributed by atoms with van der Waals surface area (Å²) in [5.74, 6) is 0.324. The highest BCUT2D eigenvalue weighted by molar-refractivity contribution is 7.71. The van der Waals surface area contributed by atoms with Crippen molar-refractivity contribution in [2.45, 2.75) is 25.3 Å². The minimum absolute atomic E-state index is 0.130. The van der Waals surface area contributed by atoms with Gasteiger partial charge >= 0.3 is 15.2 Å². The molecular formula is C7H14N2O7P2. The van der Waals surface area contributed by atoms with Crippen molar-refractivity contribution in [2.75, 3.05) is 5.32 Å². The number of anilines is 1. The zero-order valence-corrected chi connectivity index (χ0v) is 11.2. The Morgan fingerprint density at radius 1 is 1.33 bits per heavy atom. The normalized spacial score (nSPS) is 13.0. The molecule has 0 aliphatic carbocycles. The third-order valence-corrected chi connectivity index (χ3v) is 5.31. The first-order chi connectivity index (χ1) is 8.14. The molecule has 5 N–H and O–H groups in total. The number of nitrogens with one attached hydrogen (secondary N) is 1. The number of rotatable bonds is 6. The molecule has 0 aliphatic heterocycles. The number of hydrogen-bond acceptors (Lipinski definition) is 5. The quantitative estimate of drug-likeness (QED) is 0.477. The molecule has 0 bridgehead atoms. The molecular weight excluding hydrogens is 286 g/mol. The minimum Gasteiger partial charge on any atom is -0.359 e. The van der Waals surface area contributed by atoms with E-state index in [1.165, 1.54) is 6.07 Å². The molecule has 0 unspecified atom stereocenters. The zero-order valence-electron chi connectivity index (χ0n) is 9.42. The molecule has 0 aliphatic rings. The summed E-state index contributed by atoms with van der Waals surface area (Å²) >= 11 is 0. The van der Waals surface area contributed by atoms with Gasteiger partial charge in [-0.1, -0.05) is 12.1 Å². The van der Waals surface area contributed by atoms with Crippen LogP contribution in [0, 0.1) is 0 Å². The lowest BCUT2D eigenvalue weighted by Gasteiger charge is -2.19. The molecule has 0 fully saturated rings. The molecule has 1 heterocycles. The van der Waals surface area contributed by atoms with E-state index in [9.17, 15) is 9.13 Å². The Balaban J connectivity index is 2.90. The summed E-state index contributed by atoms with van der Waals surface area (Å²) < 4.78 is 26.8. The van der Waals surface area contributed by atoms with Gasteiger partial charge < -0.3 is 29.4 Å². The summed E-state index contributed by atoms with van der Waals surface area (Å²) in [5.41, 5.74) is -2.33. The van der Waals surface area contributed by atoms with Gasteiger partial charge in [0.25, 0.3) is 0 Å². The van der Waals surface area contributed by atoms with E-state index >= 15 is 0 Å². The topological polar surface area (TPSA) is 153 Å². The highest BCUT2D eigenvalue weighted by Crippen LogP contribution is 2.59. The Labute approximate surface area is 103 Å². The number of aromatic nitrogens is 1. The maximum atomic E-state index is 11.0. The third kappa shape index (κ3) is 4.20. The second kappa shape index (κ2) is 5.52. The molecule has 9 nitrogen and oxygen atoms in total. The predicted octanol–water partition coefficient (Wildman–Crippen LogP) is 0.678. The highest BCUT2D eigenvalue weighted by Gasteiger charge is 2.44. The maximum Gasteiger partial charge on any atom is 0.360 e. The average molecular weight is 300 g/mol. The van der Waals surface area contributed by atoms with Crippen molar-refractivity contribution in [3.05, 3.63) is 11.8 Å². The standard InChI is InChI=1S/C7H14N2O7P2/c1-2-3-5-4-6(9-16-5)8-7(17(10,11)12)18(13,14)15/h4,7H,2-3H2,1H3,(H,8,9)(H2,10,11,12)(H2,13,14,15). The van der Waals surface area contributed by atoms with Crippen LogP contribution >= 0.6 is 15.2 Å². The summed E-state index contributed by atoms with van der Waals surface area (Å²) in [4.78, 5) is 35.5. The molecule has 0 saturated carbocycles. The second-order valence-corrected chi connectivity index (χ2v) is 7.42. The van der Waals surface area contributed by atoms with E-state index in [2.05, 4.69) is 5.16 Å². The Kier molecular flexibility index (Phi) is 4.72. The van der Waals surface area contributed by atoms with Crippen LogP contribution < -0.4 is 5.32 Å².